The minimum Gasteiger partial charge on any atom is -0.357 e. The lowest BCUT2D eigenvalue weighted by atomic mass is 10.1. The van der Waals surface area contributed by atoms with E-state index in [4.69, 9.17) is 0 Å². The van der Waals surface area contributed by atoms with Gasteiger partial charge >= 0.3 is 0 Å². The topological polar surface area (TPSA) is 88.9 Å². The first-order valence-electron chi connectivity index (χ1n) is 8.17. The maximum absolute atomic E-state index is 12.5. The van der Waals surface area contributed by atoms with Gasteiger partial charge in [-0.2, -0.15) is 5.10 Å². The van der Waals surface area contributed by atoms with Gasteiger partial charge in [0.2, 0.25) is 11.8 Å². The highest BCUT2D eigenvalue weighted by molar-refractivity contribution is 5.88. The number of carbonyl (C=O) groups excluding carboxylic acids is 2. The van der Waals surface area contributed by atoms with Gasteiger partial charge in [-0.1, -0.05) is 30.3 Å². The van der Waals surface area contributed by atoms with Crippen LogP contribution in [0.25, 0.3) is 11.3 Å². The summed E-state index contributed by atoms with van der Waals surface area (Å²) in [6, 6.07) is 13.9. The summed E-state index contributed by atoms with van der Waals surface area (Å²) in [6.45, 7) is 0.00494. The largest absolute Gasteiger partial charge is 0.357 e. The Bertz CT molecular complexity index is 877. The van der Waals surface area contributed by atoms with E-state index in [2.05, 4.69) is 20.7 Å². The van der Waals surface area contributed by atoms with E-state index in [1.807, 2.05) is 36.4 Å². The molecule has 0 spiro atoms. The summed E-state index contributed by atoms with van der Waals surface area (Å²) in [5.74, 6) is -0.583. The van der Waals surface area contributed by atoms with Gasteiger partial charge in [-0.3, -0.25) is 19.3 Å². The second-order valence-corrected chi connectivity index (χ2v) is 5.64. The van der Waals surface area contributed by atoms with Crippen molar-refractivity contribution in [1.29, 1.82) is 0 Å². The predicted molar refractivity (Wildman–Crippen MR) is 96.9 cm³/mol. The third kappa shape index (κ3) is 3.94. The SMILES string of the molecule is CNC(=O)[C@@H](NC(=O)Cn1nccc1-c1ccncc1)c1ccccc1. The van der Waals surface area contributed by atoms with Crippen molar-refractivity contribution in [3.8, 4) is 11.3 Å². The Morgan fingerprint density at radius 3 is 2.46 bits per heavy atom. The average molecular weight is 349 g/mol. The number of nitrogens with zero attached hydrogens (tertiary/aromatic N) is 3. The Balaban J connectivity index is 1.76. The lowest BCUT2D eigenvalue weighted by Gasteiger charge is -2.18. The van der Waals surface area contributed by atoms with E-state index < -0.39 is 6.04 Å². The molecule has 0 aliphatic carbocycles. The number of hydrogen-bond donors (Lipinski definition) is 2. The molecule has 0 fully saturated rings. The van der Waals surface area contributed by atoms with Crippen LogP contribution in [0.15, 0.2) is 67.1 Å². The van der Waals surface area contributed by atoms with Crippen LogP contribution in [-0.2, 0) is 16.1 Å². The molecule has 7 nitrogen and oxygen atoms in total. The van der Waals surface area contributed by atoms with Crippen LogP contribution in [0.2, 0.25) is 0 Å². The summed E-state index contributed by atoms with van der Waals surface area (Å²) in [6.07, 6.45) is 5.00. The number of aromatic nitrogens is 3. The molecule has 0 saturated carbocycles. The molecule has 132 valence electrons. The quantitative estimate of drug-likeness (QED) is 0.707. The van der Waals surface area contributed by atoms with Gasteiger partial charge < -0.3 is 10.6 Å². The van der Waals surface area contributed by atoms with Gasteiger partial charge in [0.1, 0.15) is 12.6 Å². The second kappa shape index (κ2) is 8.06. The molecule has 26 heavy (non-hydrogen) atoms. The van der Waals surface area contributed by atoms with Gasteiger partial charge in [0.15, 0.2) is 0 Å². The molecule has 2 aromatic heterocycles. The molecule has 0 aliphatic rings. The van der Waals surface area contributed by atoms with Crippen LogP contribution in [0, 0.1) is 0 Å². The zero-order valence-corrected chi connectivity index (χ0v) is 14.3. The predicted octanol–water partition coefficient (Wildman–Crippen LogP) is 1.55. The van der Waals surface area contributed by atoms with Crippen molar-refractivity contribution in [2.75, 3.05) is 7.05 Å². The minimum absolute atomic E-state index is 0.00494. The summed E-state index contributed by atoms with van der Waals surface area (Å²) in [4.78, 5) is 28.7. The fraction of sp³-hybridized carbons (Fsp3) is 0.158. The molecule has 3 aromatic rings. The van der Waals surface area contributed by atoms with Crippen molar-refractivity contribution < 1.29 is 9.59 Å². The molecule has 2 amide bonds. The summed E-state index contributed by atoms with van der Waals surface area (Å²) in [5.41, 5.74) is 2.44. The van der Waals surface area contributed by atoms with Crippen molar-refractivity contribution in [2.45, 2.75) is 12.6 Å². The average Bonchev–Trinajstić information content (AvgIpc) is 3.15. The number of pyridine rings is 1. The molecule has 1 aromatic carbocycles. The van der Waals surface area contributed by atoms with Gasteiger partial charge in [0.05, 0.1) is 5.69 Å². The molecule has 2 N–H and O–H groups in total. The van der Waals surface area contributed by atoms with Crippen molar-refractivity contribution in [2.24, 2.45) is 0 Å². The Labute approximate surface area is 151 Å². The highest BCUT2D eigenvalue weighted by Crippen LogP contribution is 2.18. The second-order valence-electron chi connectivity index (χ2n) is 5.64. The first-order chi connectivity index (χ1) is 12.7. The number of carbonyl (C=O) groups is 2. The molecule has 7 heteroatoms. The van der Waals surface area contributed by atoms with Crippen molar-refractivity contribution in [3.63, 3.8) is 0 Å². The summed E-state index contributed by atoms with van der Waals surface area (Å²) in [5, 5.41) is 9.57. The Kier molecular flexibility index (Phi) is 5.38. The molecule has 0 aliphatic heterocycles. The summed E-state index contributed by atoms with van der Waals surface area (Å²) < 4.78 is 1.59. The van der Waals surface area contributed by atoms with E-state index in [0.717, 1.165) is 16.8 Å². The first kappa shape index (κ1) is 17.3. The third-order valence-electron chi connectivity index (χ3n) is 3.93. The molecular weight excluding hydrogens is 330 g/mol. The Morgan fingerprint density at radius 2 is 1.77 bits per heavy atom. The monoisotopic (exact) mass is 349 g/mol. The van der Waals surface area contributed by atoms with Crippen LogP contribution in [0.3, 0.4) is 0 Å². The molecule has 1 atom stereocenters. The van der Waals surface area contributed by atoms with Gasteiger partial charge in [-0.05, 0) is 23.8 Å². The molecule has 3 rings (SSSR count). The number of amides is 2. The number of nitrogens with one attached hydrogen (secondary N) is 2. The Morgan fingerprint density at radius 1 is 1.04 bits per heavy atom. The lowest BCUT2D eigenvalue weighted by Crippen LogP contribution is -2.40. The molecular formula is C19H19N5O2. The van der Waals surface area contributed by atoms with E-state index in [0.29, 0.717) is 0 Å². The van der Waals surface area contributed by atoms with Crippen LogP contribution in [0.5, 0.6) is 0 Å². The van der Waals surface area contributed by atoms with Crippen molar-refractivity contribution >= 4 is 11.8 Å². The van der Waals surface area contributed by atoms with E-state index in [9.17, 15) is 9.59 Å². The van der Waals surface area contributed by atoms with Gasteiger partial charge in [0.25, 0.3) is 0 Å². The van der Waals surface area contributed by atoms with E-state index in [1.165, 1.54) is 0 Å². The number of benzene rings is 1. The van der Waals surface area contributed by atoms with Crippen LogP contribution in [0.1, 0.15) is 11.6 Å². The number of hydrogen-bond acceptors (Lipinski definition) is 4. The first-order valence-corrected chi connectivity index (χ1v) is 8.17. The van der Waals surface area contributed by atoms with Crippen molar-refractivity contribution in [1.82, 2.24) is 25.4 Å². The van der Waals surface area contributed by atoms with E-state index >= 15 is 0 Å². The zero-order valence-electron chi connectivity index (χ0n) is 14.3. The lowest BCUT2D eigenvalue weighted by molar-refractivity contribution is -0.129. The highest BCUT2D eigenvalue weighted by atomic mass is 16.2. The van der Waals surface area contributed by atoms with Crippen molar-refractivity contribution in [3.05, 3.63) is 72.7 Å². The van der Waals surface area contributed by atoms with Gasteiger partial charge in [0, 0.05) is 31.2 Å². The highest BCUT2D eigenvalue weighted by Gasteiger charge is 2.22. The normalized spacial score (nSPS) is 11.6. The maximum Gasteiger partial charge on any atom is 0.246 e. The number of likely N-dealkylation sites (N-methyl/N-ethyl adjacent to an activating group) is 1. The molecule has 0 unspecified atom stereocenters. The molecule has 0 radical (unpaired) electrons. The molecule has 0 saturated heterocycles. The minimum atomic E-state index is -0.756. The van der Waals surface area contributed by atoms with Gasteiger partial charge in [-0.15, -0.1) is 0 Å². The zero-order chi connectivity index (χ0) is 18.4. The molecule has 2 heterocycles. The van der Waals surface area contributed by atoms with Crippen LogP contribution in [0.4, 0.5) is 0 Å². The molecule has 0 bridgehead atoms. The fourth-order valence-corrected chi connectivity index (χ4v) is 2.66. The van der Waals surface area contributed by atoms with Gasteiger partial charge in [-0.25, -0.2) is 0 Å². The Hall–Kier alpha value is -3.48. The van der Waals surface area contributed by atoms with E-state index in [1.54, 1.807) is 42.5 Å². The van der Waals surface area contributed by atoms with Crippen LogP contribution < -0.4 is 10.6 Å². The maximum atomic E-state index is 12.5. The summed E-state index contributed by atoms with van der Waals surface area (Å²) in [7, 11) is 1.54. The fourth-order valence-electron chi connectivity index (χ4n) is 2.66. The third-order valence-corrected chi connectivity index (χ3v) is 3.93. The van der Waals surface area contributed by atoms with Crippen LogP contribution >= 0.6 is 0 Å². The summed E-state index contributed by atoms with van der Waals surface area (Å²) >= 11 is 0. The van der Waals surface area contributed by atoms with E-state index in [-0.39, 0.29) is 18.4 Å². The van der Waals surface area contributed by atoms with Crippen LogP contribution in [-0.4, -0.2) is 33.6 Å². The number of rotatable bonds is 6. The smallest absolute Gasteiger partial charge is 0.246 e. The standard InChI is InChI=1S/C19H19N5O2/c1-20-19(26)18(15-5-3-2-4-6-15)23-17(25)13-24-16(9-12-22-24)14-7-10-21-11-8-14/h2-12,18H,13H2,1H3,(H,20,26)(H,23,25)/t18-/m0/s1.